The molecule has 11 heavy (non-hydrogen) atoms. The topological polar surface area (TPSA) is 3.24 Å². The van der Waals surface area contributed by atoms with Gasteiger partial charge in [0.2, 0.25) is 0 Å². The van der Waals surface area contributed by atoms with Crippen molar-refractivity contribution in [2.24, 2.45) is 5.92 Å². The van der Waals surface area contributed by atoms with Gasteiger partial charge >= 0.3 is 0 Å². The Kier molecular flexibility index (Phi) is 2.72. The van der Waals surface area contributed by atoms with Crippen molar-refractivity contribution in [1.29, 1.82) is 0 Å². The first-order valence-electron chi connectivity index (χ1n) is 4.55. The minimum absolute atomic E-state index is 0.676. The highest BCUT2D eigenvalue weighted by Gasteiger charge is 2.23. The van der Waals surface area contributed by atoms with Gasteiger partial charge in [-0.25, -0.2) is 0 Å². The van der Waals surface area contributed by atoms with Crippen LogP contribution in [0.25, 0.3) is 0 Å². The summed E-state index contributed by atoms with van der Waals surface area (Å²) in [6.07, 6.45) is 4.62. The highest BCUT2D eigenvalue weighted by atomic mass is 15.2. The zero-order chi connectivity index (χ0) is 8.43. The molecule has 0 fully saturated rings. The summed E-state index contributed by atoms with van der Waals surface area (Å²) in [5.74, 6) is 0.746. The molecule has 1 heterocycles. The second kappa shape index (κ2) is 3.40. The molecule has 0 N–H and O–H groups in total. The van der Waals surface area contributed by atoms with Gasteiger partial charge in [0.05, 0.1) is 0 Å². The van der Waals surface area contributed by atoms with Crippen molar-refractivity contribution >= 4 is 0 Å². The number of rotatable bonds is 2. The van der Waals surface area contributed by atoms with Crippen molar-refractivity contribution in [3.63, 3.8) is 0 Å². The molecule has 0 saturated carbocycles. The first-order chi connectivity index (χ1) is 5.13. The van der Waals surface area contributed by atoms with Gasteiger partial charge in [0.1, 0.15) is 0 Å². The standard InChI is InChI=1S/C10H19N/c1-8(2)10-6-5-7-11(10)9(3)4/h5-6,8-10H,7H2,1-4H3/t10-/m0/s1. The minimum atomic E-state index is 0.676. The average molecular weight is 153 g/mol. The SMILES string of the molecule is CC(C)[C@@H]1C=CCN1C(C)C. The Morgan fingerprint density at radius 3 is 2.27 bits per heavy atom. The monoisotopic (exact) mass is 153 g/mol. The van der Waals surface area contributed by atoms with E-state index in [1.54, 1.807) is 0 Å². The fourth-order valence-electron chi connectivity index (χ4n) is 1.71. The van der Waals surface area contributed by atoms with Crippen LogP contribution in [0, 0.1) is 5.92 Å². The van der Waals surface area contributed by atoms with Gasteiger partial charge in [-0.15, -0.1) is 0 Å². The van der Waals surface area contributed by atoms with E-state index in [2.05, 4.69) is 44.7 Å². The van der Waals surface area contributed by atoms with E-state index >= 15 is 0 Å². The third-order valence-electron chi connectivity index (χ3n) is 2.38. The lowest BCUT2D eigenvalue weighted by molar-refractivity contribution is 0.183. The van der Waals surface area contributed by atoms with Gasteiger partial charge in [-0.3, -0.25) is 4.90 Å². The summed E-state index contributed by atoms with van der Waals surface area (Å²) < 4.78 is 0. The minimum Gasteiger partial charge on any atom is -0.291 e. The second-order valence-corrected chi connectivity index (χ2v) is 3.95. The Hall–Kier alpha value is -0.300. The van der Waals surface area contributed by atoms with Crippen LogP contribution in [0.4, 0.5) is 0 Å². The van der Waals surface area contributed by atoms with E-state index in [0.29, 0.717) is 12.1 Å². The van der Waals surface area contributed by atoms with E-state index in [4.69, 9.17) is 0 Å². The summed E-state index contributed by atoms with van der Waals surface area (Å²) in [6.45, 7) is 10.2. The van der Waals surface area contributed by atoms with Crippen molar-refractivity contribution in [2.45, 2.75) is 39.8 Å². The van der Waals surface area contributed by atoms with Gasteiger partial charge in [0, 0.05) is 18.6 Å². The van der Waals surface area contributed by atoms with Crippen molar-refractivity contribution in [3.05, 3.63) is 12.2 Å². The maximum Gasteiger partial charge on any atom is 0.0307 e. The van der Waals surface area contributed by atoms with E-state index in [9.17, 15) is 0 Å². The lowest BCUT2D eigenvalue weighted by Gasteiger charge is -2.30. The zero-order valence-corrected chi connectivity index (χ0v) is 8.04. The van der Waals surface area contributed by atoms with Gasteiger partial charge in [-0.1, -0.05) is 26.0 Å². The zero-order valence-electron chi connectivity index (χ0n) is 8.04. The third kappa shape index (κ3) is 1.84. The van der Waals surface area contributed by atoms with E-state index in [0.717, 1.165) is 12.5 Å². The van der Waals surface area contributed by atoms with Gasteiger partial charge < -0.3 is 0 Å². The first-order valence-corrected chi connectivity index (χ1v) is 4.55. The van der Waals surface area contributed by atoms with Crippen LogP contribution in [0.15, 0.2) is 12.2 Å². The highest BCUT2D eigenvalue weighted by Crippen LogP contribution is 2.19. The molecular weight excluding hydrogens is 134 g/mol. The lowest BCUT2D eigenvalue weighted by Crippen LogP contribution is -2.38. The molecule has 1 rings (SSSR count). The van der Waals surface area contributed by atoms with Gasteiger partial charge in [-0.05, 0) is 19.8 Å². The Morgan fingerprint density at radius 1 is 1.27 bits per heavy atom. The number of nitrogens with zero attached hydrogens (tertiary/aromatic N) is 1. The van der Waals surface area contributed by atoms with Crippen LogP contribution >= 0.6 is 0 Å². The first kappa shape index (κ1) is 8.79. The van der Waals surface area contributed by atoms with Crippen LogP contribution in [-0.4, -0.2) is 23.5 Å². The van der Waals surface area contributed by atoms with E-state index in [-0.39, 0.29) is 0 Å². The van der Waals surface area contributed by atoms with Crippen LogP contribution in [0.1, 0.15) is 27.7 Å². The van der Waals surface area contributed by atoms with Crippen molar-refractivity contribution < 1.29 is 0 Å². The van der Waals surface area contributed by atoms with Crippen molar-refractivity contribution in [1.82, 2.24) is 4.90 Å². The second-order valence-electron chi connectivity index (χ2n) is 3.95. The third-order valence-corrected chi connectivity index (χ3v) is 2.38. The maximum absolute atomic E-state index is 2.53. The molecule has 0 amide bonds. The molecule has 0 aliphatic carbocycles. The number of hydrogen-bond donors (Lipinski definition) is 0. The molecule has 1 heteroatoms. The summed E-state index contributed by atoms with van der Waals surface area (Å²) in [4.78, 5) is 2.53. The molecular formula is C10H19N. The molecule has 0 bridgehead atoms. The predicted molar refractivity (Wildman–Crippen MR) is 49.6 cm³/mol. The largest absolute Gasteiger partial charge is 0.291 e. The quantitative estimate of drug-likeness (QED) is 0.550. The molecule has 0 unspecified atom stereocenters. The molecule has 64 valence electrons. The van der Waals surface area contributed by atoms with Crippen LogP contribution < -0.4 is 0 Å². The van der Waals surface area contributed by atoms with Crippen molar-refractivity contribution in [3.8, 4) is 0 Å². The Balaban J connectivity index is 2.56. The van der Waals surface area contributed by atoms with Crippen LogP contribution in [0.5, 0.6) is 0 Å². The maximum atomic E-state index is 2.53. The fourth-order valence-corrected chi connectivity index (χ4v) is 1.71. The van der Waals surface area contributed by atoms with Crippen LogP contribution in [-0.2, 0) is 0 Å². The average Bonchev–Trinajstić information content (AvgIpc) is 2.32. The summed E-state index contributed by atoms with van der Waals surface area (Å²) in [6, 6.07) is 1.35. The van der Waals surface area contributed by atoms with E-state index < -0.39 is 0 Å². The molecule has 1 aliphatic heterocycles. The van der Waals surface area contributed by atoms with Gasteiger partial charge in [-0.2, -0.15) is 0 Å². The summed E-state index contributed by atoms with van der Waals surface area (Å²) in [7, 11) is 0. The van der Waals surface area contributed by atoms with Gasteiger partial charge in [0.15, 0.2) is 0 Å². The van der Waals surface area contributed by atoms with Gasteiger partial charge in [0.25, 0.3) is 0 Å². The van der Waals surface area contributed by atoms with Crippen LogP contribution in [0.2, 0.25) is 0 Å². The van der Waals surface area contributed by atoms with Crippen molar-refractivity contribution in [2.75, 3.05) is 6.54 Å². The highest BCUT2D eigenvalue weighted by molar-refractivity contribution is 5.05. The molecule has 0 aromatic heterocycles. The Bertz CT molecular complexity index is 147. The fraction of sp³-hybridized carbons (Fsp3) is 0.800. The van der Waals surface area contributed by atoms with E-state index in [1.165, 1.54) is 0 Å². The summed E-state index contributed by atoms with van der Waals surface area (Å²) >= 11 is 0. The Labute approximate surface area is 70.1 Å². The molecule has 0 radical (unpaired) electrons. The Morgan fingerprint density at radius 2 is 1.91 bits per heavy atom. The summed E-state index contributed by atoms with van der Waals surface area (Å²) in [5, 5.41) is 0. The molecule has 1 aliphatic rings. The lowest BCUT2D eigenvalue weighted by atomic mass is 10.0. The molecule has 1 nitrogen and oxygen atoms in total. The molecule has 0 aromatic rings. The van der Waals surface area contributed by atoms with Crippen LogP contribution in [0.3, 0.4) is 0 Å². The predicted octanol–water partition coefficient (Wildman–Crippen LogP) is 2.29. The molecule has 0 saturated heterocycles. The molecule has 0 aromatic carbocycles. The number of hydrogen-bond acceptors (Lipinski definition) is 1. The smallest absolute Gasteiger partial charge is 0.0307 e. The molecule has 0 spiro atoms. The summed E-state index contributed by atoms with van der Waals surface area (Å²) in [5.41, 5.74) is 0. The molecule has 1 atom stereocenters. The van der Waals surface area contributed by atoms with E-state index in [1.807, 2.05) is 0 Å². The normalized spacial score (nSPS) is 25.8.